The molecule has 0 aliphatic heterocycles. The third-order valence-electron chi connectivity index (χ3n) is 4.28. The highest BCUT2D eigenvalue weighted by Crippen LogP contribution is 2.14. The van der Waals surface area contributed by atoms with Crippen LogP contribution < -0.4 is 16.6 Å². The Bertz CT molecular complexity index is 1160. The number of nitrogens with one attached hydrogen (secondary N) is 1. The molecule has 0 fully saturated rings. The van der Waals surface area contributed by atoms with Crippen molar-refractivity contribution in [2.24, 2.45) is 14.1 Å². The van der Waals surface area contributed by atoms with Gasteiger partial charge in [0.1, 0.15) is 6.54 Å². The van der Waals surface area contributed by atoms with Crippen LogP contribution >= 0.6 is 0 Å². The fourth-order valence-electron chi connectivity index (χ4n) is 2.79. The van der Waals surface area contributed by atoms with Gasteiger partial charge < -0.3 is 10.1 Å². The van der Waals surface area contributed by atoms with Gasteiger partial charge in [-0.15, -0.1) is 5.10 Å². The first kappa shape index (κ1) is 19.0. The molecule has 3 aromatic rings. The molecule has 0 aliphatic carbocycles. The van der Waals surface area contributed by atoms with E-state index in [9.17, 15) is 19.2 Å². The van der Waals surface area contributed by atoms with Crippen LogP contribution in [-0.4, -0.2) is 43.1 Å². The number of amides is 1. The molecule has 11 nitrogen and oxygen atoms in total. The second-order valence-electron chi connectivity index (χ2n) is 6.06. The fourth-order valence-corrected chi connectivity index (χ4v) is 2.79. The molecule has 1 atom stereocenters. The topological polar surface area (TPSA) is 130 Å². The molecule has 0 spiro atoms. The van der Waals surface area contributed by atoms with Gasteiger partial charge in [-0.3, -0.25) is 18.7 Å². The summed E-state index contributed by atoms with van der Waals surface area (Å²) in [7, 11) is 4.00. The second kappa shape index (κ2) is 7.47. The number of fused-ring (bicyclic) bond motifs is 1. The van der Waals surface area contributed by atoms with Crippen molar-refractivity contribution < 1.29 is 14.3 Å². The minimum atomic E-state index is -1.01. The van der Waals surface area contributed by atoms with Crippen molar-refractivity contribution in [1.82, 2.24) is 29.4 Å². The van der Waals surface area contributed by atoms with Crippen LogP contribution in [0.25, 0.3) is 11.2 Å². The molecule has 0 saturated carbocycles. The number of nitrogens with zero attached hydrogens (tertiary/aromatic N) is 5. The maximum absolute atomic E-state index is 12.5. The summed E-state index contributed by atoms with van der Waals surface area (Å²) >= 11 is 0. The Morgan fingerprint density at radius 2 is 1.82 bits per heavy atom. The van der Waals surface area contributed by atoms with E-state index in [0.717, 1.165) is 9.25 Å². The monoisotopic (exact) mass is 386 g/mol. The Morgan fingerprint density at radius 3 is 2.46 bits per heavy atom. The van der Waals surface area contributed by atoms with Crippen LogP contribution in [0, 0.1) is 0 Å². The maximum Gasteiger partial charge on any atom is 0.333 e. The number of ether oxygens (including phenoxy) is 1. The first-order valence-electron chi connectivity index (χ1n) is 8.26. The molecule has 0 radical (unpaired) electrons. The van der Waals surface area contributed by atoms with Crippen molar-refractivity contribution in [2.45, 2.75) is 12.6 Å². The lowest BCUT2D eigenvalue weighted by Gasteiger charge is -2.16. The SMILES string of the molecule is COC(=O)[C@@H](NC(=O)Cn1nnc2c1c(=O)n(C)c(=O)n2C)c1ccccc1. The number of carbonyl (C=O) groups excluding carboxylic acids is 2. The van der Waals surface area contributed by atoms with Crippen molar-refractivity contribution in [2.75, 3.05) is 7.11 Å². The highest BCUT2D eigenvalue weighted by atomic mass is 16.5. The van der Waals surface area contributed by atoms with Gasteiger partial charge in [-0.2, -0.15) is 0 Å². The van der Waals surface area contributed by atoms with E-state index in [1.54, 1.807) is 30.3 Å². The molecule has 2 aromatic heterocycles. The molecule has 11 heteroatoms. The van der Waals surface area contributed by atoms with Gasteiger partial charge >= 0.3 is 11.7 Å². The number of rotatable bonds is 5. The van der Waals surface area contributed by atoms with Crippen molar-refractivity contribution in [3.63, 3.8) is 0 Å². The average molecular weight is 386 g/mol. The van der Waals surface area contributed by atoms with Crippen molar-refractivity contribution >= 4 is 23.0 Å². The normalized spacial score (nSPS) is 12.0. The maximum atomic E-state index is 12.5. The van der Waals surface area contributed by atoms with E-state index in [-0.39, 0.29) is 17.7 Å². The van der Waals surface area contributed by atoms with Crippen LogP contribution in [0.4, 0.5) is 0 Å². The first-order valence-corrected chi connectivity index (χ1v) is 8.26. The van der Waals surface area contributed by atoms with Crippen LogP contribution in [0.1, 0.15) is 11.6 Å². The van der Waals surface area contributed by atoms with Crippen molar-refractivity contribution in [3.8, 4) is 0 Å². The molecule has 3 rings (SSSR count). The van der Waals surface area contributed by atoms with E-state index in [1.807, 2.05) is 0 Å². The van der Waals surface area contributed by atoms with Gasteiger partial charge in [-0.05, 0) is 5.56 Å². The van der Waals surface area contributed by atoms with Crippen LogP contribution in [0.15, 0.2) is 39.9 Å². The van der Waals surface area contributed by atoms with Crippen LogP contribution in [0.3, 0.4) is 0 Å². The minimum absolute atomic E-state index is 0.00841. The van der Waals surface area contributed by atoms with Gasteiger partial charge in [-0.1, -0.05) is 35.5 Å². The molecule has 0 bridgehead atoms. The zero-order chi connectivity index (χ0) is 20.4. The molecule has 0 unspecified atom stereocenters. The summed E-state index contributed by atoms with van der Waals surface area (Å²) < 4.78 is 7.92. The summed E-state index contributed by atoms with van der Waals surface area (Å²) in [6, 6.07) is 7.58. The zero-order valence-electron chi connectivity index (χ0n) is 15.4. The Balaban J connectivity index is 1.92. The Hall–Kier alpha value is -3.76. The fraction of sp³-hybridized carbons (Fsp3) is 0.294. The second-order valence-corrected chi connectivity index (χ2v) is 6.06. The van der Waals surface area contributed by atoms with Gasteiger partial charge in [0.05, 0.1) is 7.11 Å². The first-order chi connectivity index (χ1) is 13.3. The van der Waals surface area contributed by atoms with Crippen LogP contribution in [0.5, 0.6) is 0 Å². The van der Waals surface area contributed by atoms with Crippen LogP contribution in [-0.2, 0) is 35.0 Å². The van der Waals surface area contributed by atoms with Gasteiger partial charge in [0.15, 0.2) is 17.2 Å². The van der Waals surface area contributed by atoms with Gasteiger partial charge in [-0.25, -0.2) is 14.3 Å². The molecule has 146 valence electrons. The lowest BCUT2D eigenvalue weighted by molar-refractivity contribution is -0.145. The number of esters is 1. The predicted octanol–water partition coefficient (Wildman–Crippen LogP) is -1.14. The lowest BCUT2D eigenvalue weighted by Crippen LogP contribution is -2.39. The molecule has 28 heavy (non-hydrogen) atoms. The molecular formula is C17H18N6O5. The minimum Gasteiger partial charge on any atom is -0.467 e. The third kappa shape index (κ3) is 3.29. The van der Waals surface area contributed by atoms with E-state index in [4.69, 9.17) is 4.74 Å². The lowest BCUT2D eigenvalue weighted by atomic mass is 10.1. The van der Waals surface area contributed by atoms with Crippen molar-refractivity contribution in [1.29, 1.82) is 0 Å². The largest absolute Gasteiger partial charge is 0.467 e. The Labute approximate surface area is 158 Å². The third-order valence-corrected chi connectivity index (χ3v) is 4.28. The highest BCUT2D eigenvalue weighted by Gasteiger charge is 2.24. The molecule has 1 N–H and O–H groups in total. The predicted molar refractivity (Wildman–Crippen MR) is 97.4 cm³/mol. The van der Waals surface area contributed by atoms with Gasteiger partial charge in [0, 0.05) is 14.1 Å². The number of hydrogen-bond donors (Lipinski definition) is 1. The standard InChI is InChI=1S/C17H18N6O5/c1-21-14-13(15(25)22(2)17(21)27)23(20-19-14)9-11(24)18-12(16(26)28-3)10-7-5-4-6-8-10/h4-8,12H,9H2,1-3H3,(H,18,24)/t12-/m0/s1. The smallest absolute Gasteiger partial charge is 0.333 e. The van der Waals surface area contributed by atoms with E-state index in [0.29, 0.717) is 5.56 Å². The van der Waals surface area contributed by atoms with Crippen molar-refractivity contribution in [3.05, 3.63) is 56.7 Å². The number of hydrogen-bond acceptors (Lipinski definition) is 7. The Morgan fingerprint density at radius 1 is 1.14 bits per heavy atom. The number of aryl methyl sites for hydroxylation is 1. The van der Waals surface area contributed by atoms with Gasteiger partial charge in [0.2, 0.25) is 5.91 Å². The molecule has 1 aromatic carbocycles. The summed E-state index contributed by atoms with van der Waals surface area (Å²) in [6.07, 6.45) is 0. The average Bonchev–Trinajstić information content (AvgIpc) is 3.12. The summed E-state index contributed by atoms with van der Waals surface area (Å²) in [6.45, 7) is -0.371. The van der Waals surface area contributed by atoms with Crippen LogP contribution in [0.2, 0.25) is 0 Å². The summed E-state index contributed by atoms with van der Waals surface area (Å²) in [5.41, 5.74) is -0.556. The summed E-state index contributed by atoms with van der Waals surface area (Å²) in [5, 5.41) is 10.2. The highest BCUT2D eigenvalue weighted by molar-refractivity contribution is 5.86. The number of methoxy groups -OCH3 is 1. The number of aromatic nitrogens is 5. The summed E-state index contributed by atoms with van der Waals surface area (Å²) in [5.74, 6) is -1.22. The molecule has 0 aliphatic rings. The Kier molecular flexibility index (Phi) is 5.07. The van der Waals surface area contributed by atoms with E-state index in [1.165, 1.54) is 25.8 Å². The van der Waals surface area contributed by atoms with Gasteiger partial charge in [0.25, 0.3) is 5.56 Å². The van der Waals surface area contributed by atoms with E-state index >= 15 is 0 Å². The number of benzene rings is 1. The quantitative estimate of drug-likeness (QED) is 0.549. The van der Waals surface area contributed by atoms with E-state index < -0.39 is 29.2 Å². The molecule has 2 heterocycles. The van der Waals surface area contributed by atoms with E-state index in [2.05, 4.69) is 15.6 Å². The number of carbonyl (C=O) groups is 2. The summed E-state index contributed by atoms with van der Waals surface area (Å²) in [4.78, 5) is 49.0. The molecule has 1 amide bonds. The molecule has 0 saturated heterocycles. The zero-order valence-corrected chi connectivity index (χ0v) is 15.4. The molecular weight excluding hydrogens is 368 g/mol.